The highest BCUT2D eigenvalue weighted by Gasteiger charge is 2.31. The lowest BCUT2D eigenvalue weighted by atomic mass is 9.72. The largest absolute Gasteiger partial charge is 0.344 e. The minimum Gasteiger partial charge on any atom is -0.344 e. The quantitative estimate of drug-likeness (QED) is 0.584. The number of fused-ring (bicyclic) bond motifs is 1. The standard InChI is InChI=1S/C12H15NO2.H3N/c1-12(2)8-4-5-9-10(12)6-3-7-11(9)13(14)15;/h3,6-7H,4-5,8H2,1-2H3;1H3. The second-order valence-corrected chi connectivity index (χ2v) is 4.80. The molecule has 1 aromatic rings. The van der Waals surface area contributed by atoms with E-state index in [-0.39, 0.29) is 16.5 Å². The summed E-state index contributed by atoms with van der Waals surface area (Å²) >= 11 is 0. The van der Waals surface area contributed by atoms with Crippen molar-refractivity contribution in [2.75, 3.05) is 0 Å². The van der Waals surface area contributed by atoms with Crippen LogP contribution in [0.15, 0.2) is 18.2 Å². The maximum atomic E-state index is 10.9. The molecule has 0 radical (unpaired) electrons. The molecular formula is C12H18N2O2. The number of rotatable bonds is 1. The summed E-state index contributed by atoms with van der Waals surface area (Å²) in [4.78, 5) is 10.6. The minimum absolute atomic E-state index is 0. The molecule has 0 aliphatic heterocycles. The van der Waals surface area contributed by atoms with Gasteiger partial charge in [0.1, 0.15) is 0 Å². The van der Waals surface area contributed by atoms with E-state index in [1.807, 2.05) is 6.07 Å². The lowest BCUT2D eigenvalue weighted by Crippen LogP contribution is -2.24. The Morgan fingerprint density at radius 1 is 1.38 bits per heavy atom. The van der Waals surface area contributed by atoms with E-state index in [2.05, 4.69) is 13.8 Å². The minimum atomic E-state index is -0.264. The highest BCUT2D eigenvalue weighted by molar-refractivity contribution is 5.49. The van der Waals surface area contributed by atoms with E-state index in [4.69, 9.17) is 0 Å². The average molecular weight is 222 g/mol. The molecule has 0 saturated heterocycles. The van der Waals surface area contributed by atoms with Gasteiger partial charge in [-0.3, -0.25) is 10.1 Å². The molecular weight excluding hydrogens is 204 g/mol. The second kappa shape index (κ2) is 4.22. The van der Waals surface area contributed by atoms with Crippen molar-refractivity contribution in [2.24, 2.45) is 0 Å². The Labute approximate surface area is 95.4 Å². The molecule has 4 nitrogen and oxygen atoms in total. The molecule has 0 aromatic heterocycles. The zero-order valence-corrected chi connectivity index (χ0v) is 9.82. The Balaban J connectivity index is 0.00000128. The van der Waals surface area contributed by atoms with Gasteiger partial charge in [-0.1, -0.05) is 26.0 Å². The fourth-order valence-electron chi connectivity index (χ4n) is 2.48. The Kier molecular flexibility index (Phi) is 3.33. The Bertz CT molecular complexity index is 413. The van der Waals surface area contributed by atoms with Gasteiger partial charge in [-0.15, -0.1) is 0 Å². The summed E-state index contributed by atoms with van der Waals surface area (Å²) in [5.41, 5.74) is 2.47. The fraction of sp³-hybridized carbons (Fsp3) is 0.500. The summed E-state index contributed by atoms with van der Waals surface area (Å²) in [6.07, 6.45) is 3.00. The van der Waals surface area contributed by atoms with E-state index in [1.165, 1.54) is 0 Å². The average Bonchev–Trinajstić information content (AvgIpc) is 2.16. The van der Waals surface area contributed by atoms with E-state index < -0.39 is 0 Å². The molecule has 1 aliphatic rings. The third-order valence-electron chi connectivity index (χ3n) is 3.31. The summed E-state index contributed by atoms with van der Waals surface area (Å²) < 4.78 is 0. The van der Waals surface area contributed by atoms with E-state index in [0.29, 0.717) is 5.69 Å². The van der Waals surface area contributed by atoms with E-state index in [0.717, 1.165) is 30.4 Å². The number of nitro groups is 1. The van der Waals surface area contributed by atoms with Crippen LogP contribution < -0.4 is 6.15 Å². The number of hydrogen-bond donors (Lipinski definition) is 1. The van der Waals surface area contributed by atoms with Crippen LogP contribution in [-0.4, -0.2) is 4.92 Å². The first-order valence-corrected chi connectivity index (χ1v) is 5.29. The van der Waals surface area contributed by atoms with Gasteiger partial charge in [-0.05, 0) is 30.2 Å². The van der Waals surface area contributed by atoms with Gasteiger partial charge in [-0.2, -0.15) is 0 Å². The van der Waals surface area contributed by atoms with Crippen LogP contribution in [0.1, 0.15) is 37.8 Å². The van der Waals surface area contributed by atoms with Crippen molar-refractivity contribution in [1.82, 2.24) is 6.15 Å². The SMILES string of the molecule is CC1(C)CCCc2c([N+](=O)[O-])cccc21.N. The molecule has 0 unspecified atom stereocenters. The van der Waals surface area contributed by atoms with Gasteiger partial charge >= 0.3 is 0 Å². The summed E-state index contributed by atoms with van der Waals surface area (Å²) in [5.74, 6) is 0. The summed E-state index contributed by atoms with van der Waals surface area (Å²) in [5, 5.41) is 10.9. The molecule has 88 valence electrons. The monoisotopic (exact) mass is 222 g/mol. The first-order chi connectivity index (χ1) is 7.02. The molecule has 4 heteroatoms. The lowest BCUT2D eigenvalue weighted by molar-refractivity contribution is -0.385. The highest BCUT2D eigenvalue weighted by Crippen LogP contribution is 2.40. The molecule has 3 N–H and O–H groups in total. The van der Waals surface area contributed by atoms with Crippen molar-refractivity contribution in [3.8, 4) is 0 Å². The van der Waals surface area contributed by atoms with Crippen molar-refractivity contribution < 1.29 is 4.92 Å². The van der Waals surface area contributed by atoms with Crippen molar-refractivity contribution in [2.45, 2.75) is 38.5 Å². The van der Waals surface area contributed by atoms with Crippen LogP contribution in [0.25, 0.3) is 0 Å². The third-order valence-corrected chi connectivity index (χ3v) is 3.31. The number of nitro benzene ring substituents is 1. The fourth-order valence-corrected chi connectivity index (χ4v) is 2.48. The Hall–Kier alpha value is -1.42. The summed E-state index contributed by atoms with van der Waals surface area (Å²) in [7, 11) is 0. The van der Waals surface area contributed by atoms with Crippen LogP contribution in [0.4, 0.5) is 5.69 Å². The number of benzene rings is 1. The van der Waals surface area contributed by atoms with E-state index in [9.17, 15) is 10.1 Å². The van der Waals surface area contributed by atoms with Gasteiger partial charge in [0.15, 0.2) is 0 Å². The topological polar surface area (TPSA) is 78.1 Å². The first-order valence-electron chi connectivity index (χ1n) is 5.29. The van der Waals surface area contributed by atoms with Crippen molar-refractivity contribution >= 4 is 5.69 Å². The van der Waals surface area contributed by atoms with Gasteiger partial charge in [0.05, 0.1) is 4.92 Å². The van der Waals surface area contributed by atoms with Crippen molar-refractivity contribution in [1.29, 1.82) is 0 Å². The highest BCUT2D eigenvalue weighted by atomic mass is 16.6. The zero-order valence-electron chi connectivity index (χ0n) is 9.82. The Morgan fingerprint density at radius 2 is 2.06 bits per heavy atom. The second-order valence-electron chi connectivity index (χ2n) is 4.80. The van der Waals surface area contributed by atoms with E-state index in [1.54, 1.807) is 12.1 Å². The third kappa shape index (κ3) is 1.93. The van der Waals surface area contributed by atoms with Gasteiger partial charge in [-0.25, -0.2) is 0 Å². The van der Waals surface area contributed by atoms with Gasteiger partial charge in [0.2, 0.25) is 0 Å². The lowest BCUT2D eigenvalue weighted by Gasteiger charge is -2.31. The molecule has 0 bridgehead atoms. The first kappa shape index (κ1) is 12.6. The normalized spacial score (nSPS) is 17.1. The molecule has 0 heterocycles. The van der Waals surface area contributed by atoms with Crippen LogP contribution in [0.5, 0.6) is 0 Å². The van der Waals surface area contributed by atoms with Crippen LogP contribution >= 0.6 is 0 Å². The number of nitrogens with zero attached hydrogens (tertiary/aromatic N) is 1. The molecule has 0 spiro atoms. The maximum Gasteiger partial charge on any atom is 0.272 e. The van der Waals surface area contributed by atoms with Gasteiger partial charge in [0, 0.05) is 11.6 Å². The molecule has 2 rings (SSSR count). The molecule has 0 amide bonds. The molecule has 0 fully saturated rings. The smallest absolute Gasteiger partial charge is 0.272 e. The molecule has 0 saturated carbocycles. The summed E-state index contributed by atoms with van der Waals surface area (Å²) in [6, 6.07) is 5.44. The van der Waals surface area contributed by atoms with Crippen molar-refractivity contribution in [3.05, 3.63) is 39.4 Å². The Morgan fingerprint density at radius 3 is 2.69 bits per heavy atom. The number of hydrogen-bond acceptors (Lipinski definition) is 3. The van der Waals surface area contributed by atoms with Crippen molar-refractivity contribution in [3.63, 3.8) is 0 Å². The van der Waals surface area contributed by atoms with Gasteiger partial charge in [0.25, 0.3) is 5.69 Å². The van der Waals surface area contributed by atoms with Crippen LogP contribution in [0.3, 0.4) is 0 Å². The van der Waals surface area contributed by atoms with Crippen LogP contribution in [0, 0.1) is 10.1 Å². The zero-order chi connectivity index (χ0) is 11.1. The van der Waals surface area contributed by atoms with E-state index >= 15 is 0 Å². The molecule has 1 aliphatic carbocycles. The van der Waals surface area contributed by atoms with Gasteiger partial charge < -0.3 is 6.15 Å². The molecule has 0 atom stereocenters. The maximum absolute atomic E-state index is 10.9. The van der Waals surface area contributed by atoms with Crippen LogP contribution in [-0.2, 0) is 11.8 Å². The summed E-state index contributed by atoms with van der Waals surface area (Å²) in [6.45, 7) is 4.32. The predicted molar refractivity (Wildman–Crippen MR) is 64.1 cm³/mol. The van der Waals surface area contributed by atoms with Crippen LogP contribution in [0.2, 0.25) is 0 Å². The predicted octanol–water partition coefficient (Wildman–Crippen LogP) is 3.37. The molecule has 1 aromatic carbocycles. The molecule has 16 heavy (non-hydrogen) atoms.